The van der Waals surface area contributed by atoms with Gasteiger partial charge in [-0.25, -0.2) is 0 Å². The minimum Gasteiger partial charge on any atom is -0.469 e. The van der Waals surface area contributed by atoms with E-state index in [0.717, 1.165) is 11.1 Å². The van der Waals surface area contributed by atoms with Crippen LogP contribution in [0.15, 0.2) is 54.6 Å². The fraction of sp³-hybridized carbons (Fsp3) is 0.188. The summed E-state index contributed by atoms with van der Waals surface area (Å²) >= 11 is 0. The number of esters is 1. The van der Waals surface area contributed by atoms with Gasteiger partial charge in [-0.2, -0.15) is 0 Å². The molecule has 3 heteroatoms. The molecule has 1 atom stereocenters. The lowest BCUT2D eigenvalue weighted by Gasteiger charge is -2.15. The first-order valence-electron chi connectivity index (χ1n) is 6.18. The van der Waals surface area contributed by atoms with E-state index in [-0.39, 0.29) is 11.9 Å². The lowest BCUT2D eigenvalue weighted by molar-refractivity contribution is -0.142. The largest absolute Gasteiger partial charge is 0.469 e. The van der Waals surface area contributed by atoms with Crippen LogP contribution in [0, 0.1) is 0 Å². The van der Waals surface area contributed by atoms with Crippen LogP contribution in [0.1, 0.15) is 17.0 Å². The van der Waals surface area contributed by atoms with E-state index in [1.54, 1.807) is 12.1 Å². The molecule has 2 aromatic rings. The Morgan fingerprint density at radius 2 is 1.74 bits per heavy atom. The number of anilines is 1. The van der Waals surface area contributed by atoms with Crippen molar-refractivity contribution >= 4 is 11.7 Å². The molecular weight excluding hydrogens is 238 g/mol. The number of methoxy groups -OCH3 is 1. The van der Waals surface area contributed by atoms with E-state index < -0.39 is 0 Å². The number of hydrogen-bond donors (Lipinski definition) is 1. The second-order valence-electron chi connectivity index (χ2n) is 4.43. The van der Waals surface area contributed by atoms with Gasteiger partial charge in [0.05, 0.1) is 13.0 Å². The van der Waals surface area contributed by atoms with Crippen LogP contribution in [-0.4, -0.2) is 13.1 Å². The molecular formula is C16H17NO2. The van der Waals surface area contributed by atoms with Gasteiger partial charge in [0.1, 0.15) is 0 Å². The van der Waals surface area contributed by atoms with Crippen molar-refractivity contribution in [3.05, 3.63) is 65.7 Å². The average Bonchev–Trinajstić information content (AvgIpc) is 2.46. The summed E-state index contributed by atoms with van der Waals surface area (Å²) in [6.07, 6.45) is 0.622. The molecule has 0 aliphatic carbocycles. The minimum absolute atomic E-state index is 0.228. The van der Waals surface area contributed by atoms with Crippen molar-refractivity contribution in [3.8, 4) is 0 Å². The van der Waals surface area contributed by atoms with Gasteiger partial charge >= 0.3 is 5.97 Å². The maximum Gasteiger partial charge on any atom is 0.313 e. The zero-order chi connectivity index (χ0) is 13.7. The van der Waals surface area contributed by atoms with E-state index in [1.165, 1.54) is 7.11 Å². The van der Waals surface area contributed by atoms with Gasteiger partial charge in [0.2, 0.25) is 0 Å². The van der Waals surface area contributed by atoms with Crippen molar-refractivity contribution in [1.29, 1.82) is 0 Å². The molecule has 98 valence electrons. The predicted octanol–water partition coefficient (Wildman–Crippen LogP) is 2.77. The van der Waals surface area contributed by atoms with Crippen molar-refractivity contribution in [3.63, 3.8) is 0 Å². The third-order valence-corrected chi connectivity index (χ3v) is 3.11. The standard InChI is InChI=1S/C16H17NO2/c1-19-16(18)15(11-12-5-3-2-4-6-12)13-7-9-14(17)10-8-13/h2-10,15H,11,17H2,1H3. The maximum absolute atomic E-state index is 11.9. The van der Waals surface area contributed by atoms with Crippen LogP contribution in [0.2, 0.25) is 0 Å². The fourth-order valence-corrected chi connectivity index (χ4v) is 2.06. The Labute approximate surface area is 113 Å². The molecule has 2 N–H and O–H groups in total. The van der Waals surface area contributed by atoms with Crippen LogP contribution in [0.5, 0.6) is 0 Å². The fourth-order valence-electron chi connectivity index (χ4n) is 2.06. The maximum atomic E-state index is 11.9. The smallest absolute Gasteiger partial charge is 0.313 e. The molecule has 0 radical (unpaired) electrons. The highest BCUT2D eigenvalue weighted by molar-refractivity contribution is 5.78. The number of rotatable bonds is 4. The third kappa shape index (κ3) is 3.35. The molecule has 0 heterocycles. The first kappa shape index (κ1) is 13.1. The molecule has 0 spiro atoms. The summed E-state index contributed by atoms with van der Waals surface area (Å²) in [6.45, 7) is 0. The van der Waals surface area contributed by atoms with Crippen LogP contribution >= 0.6 is 0 Å². The van der Waals surface area contributed by atoms with Gasteiger partial charge in [-0.1, -0.05) is 42.5 Å². The monoisotopic (exact) mass is 255 g/mol. The number of nitrogens with two attached hydrogens (primary N) is 1. The number of hydrogen-bond acceptors (Lipinski definition) is 3. The predicted molar refractivity (Wildman–Crippen MR) is 75.8 cm³/mol. The summed E-state index contributed by atoms with van der Waals surface area (Å²) in [5.41, 5.74) is 8.39. The lowest BCUT2D eigenvalue weighted by atomic mass is 9.92. The average molecular weight is 255 g/mol. The Morgan fingerprint density at radius 1 is 1.11 bits per heavy atom. The second-order valence-corrected chi connectivity index (χ2v) is 4.43. The molecule has 0 amide bonds. The highest BCUT2D eigenvalue weighted by Gasteiger charge is 2.21. The summed E-state index contributed by atoms with van der Waals surface area (Å²) in [7, 11) is 1.41. The van der Waals surface area contributed by atoms with Gasteiger partial charge < -0.3 is 10.5 Å². The molecule has 0 aliphatic rings. The molecule has 1 unspecified atom stereocenters. The Balaban J connectivity index is 2.26. The van der Waals surface area contributed by atoms with Gasteiger partial charge in [0, 0.05) is 5.69 Å². The third-order valence-electron chi connectivity index (χ3n) is 3.11. The number of benzene rings is 2. The number of carbonyl (C=O) groups excluding carboxylic acids is 1. The van der Waals surface area contributed by atoms with Crippen molar-refractivity contribution in [2.24, 2.45) is 0 Å². The molecule has 0 aliphatic heterocycles. The van der Waals surface area contributed by atoms with E-state index in [1.807, 2.05) is 42.5 Å². The zero-order valence-corrected chi connectivity index (χ0v) is 10.9. The first-order valence-corrected chi connectivity index (χ1v) is 6.18. The molecule has 0 bridgehead atoms. The van der Waals surface area contributed by atoms with Crippen LogP contribution in [0.25, 0.3) is 0 Å². The van der Waals surface area contributed by atoms with E-state index in [0.29, 0.717) is 12.1 Å². The molecule has 0 fully saturated rings. The van der Waals surface area contributed by atoms with Crippen LogP contribution < -0.4 is 5.73 Å². The van der Waals surface area contributed by atoms with Gasteiger partial charge in [0.25, 0.3) is 0 Å². The van der Waals surface area contributed by atoms with Crippen molar-refractivity contribution < 1.29 is 9.53 Å². The van der Waals surface area contributed by atoms with Gasteiger partial charge in [-0.15, -0.1) is 0 Å². The Morgan fingerprint density at radius 3 is 2.32 bits per heavy atom. The summed E-state index contributed by atoms with van der Waals surface area (Å²) in [4.78, 5) is 11.9. The molecule has 0 saturated carbocycles. The number of ether oxygens (including phenoxy) is 1. The first-order chi connectivity index (χ1) is 9.20. The molecule has 0 aromatic heterocycles. The molecule has 3 nitrogen and oxygen atoms in total. The molecule has 19 heavy (non-hydrogen) atoms. The zero-order valence-electron chi connectivity index (χ0n) is 10.9. The normalized spacial score (nSPS) is 11.8. The van der Waals surface area contributed by atoms with Gasteiger partial charge in [-0.3, -0.25) is 4.79 Å². The van der Waals surface area contributed by atoms with E-state index in [2.05, 4.69) is 0 Å². The Hall–Kier alpha value is -2.29. The number of nitrogen functional groups attached to an aromatic ring is 1. The summed E-state index contributed by atoms with van der Waals surface area (Å²) in [5, 5.41) is 0. The van der Waals surface area contributed by atoms with Crippen LogP contribution in [0.3, 0.4) is 0 Å². The van der Waals surface area contributed by atoms with E-state index in [9.17, 15) is 4.79 Å². The molecule has 2 rings (SSSR count). The highest BCUT2D eigenvalue weighted by Crippen LogP contribution is 2.23. The summed E-state index contributed by atoms with van der Waals surface area (Å²) in [6, 6.07) is 17.3. The van der Waals surface area contributed by atoms with Crippen molar-refractivity contribution in [1.82, 2.24) is 0 Å². The van der Waals surface area contributed by atoms with Crippen LogP contribution in [0.4, 0.5) is 5.69 Å². The van der Waals surface area contributed by atoms with E-state index in [4.69, 9.17) is 10.5 Å². The molecule has 2 aromatic carbocycles. The van der Waals surface area contributed by atoms with Gasteiger partial charge in [-0.05, 0) is 29.7 Å². The van der Waals surface area contributed by atoms with Crippen molar-refractivity contribution in [2.75, 3.05) is 12.8 Å². The summed E-state index contributed by atoms with van der Waals surface area (Å²) in [5.74, 6) is -0.526. The van der Waals surface area contributed by atoms with E-state index >= 15 is 0 Å². The SMILES string of the molecule is COC(=O)C(Cc1ccccc1)c1ccc(N)cc1. The molecule has 0 saturated heterocycles. The van der Waals surface area contributed by atoms with Crippen LogP contribution in [-0.2, 0) is 16.0 Å². The lowest BCUT2D eigenvalue weighted by Crippen LogP contribution is -2.16. The quantitative estimate of drug-likeness (QED) is 0.675. The summed E-state index contributed by atoms with van der Waals surface area (Å²) < 4.78 is 4.90. The number of carbonyl (C=O) groups is 1. The minimum atomic E-state index is -0.298. The Kier molecular flexibility index (Phi) is 4.18. The Bertz CT molecular complexity index is 534. The van der Waals surface area contributed by atoms with Crippen molar-refractivity contribution in [2.45, 2.75) is 12.3 Å². The topological polar surface area (TPSA) is 52.3 Å². The second kappa shape index (κ2) is 6.05. The highest BCUT2D eigenvalue weighted by atomic mass is 16.5. The van der Waals surface area contributed by atoms with Gasteiger partial charge in [0.15, 0.2) is 0 Å².